The summed E-state index contributed by atoms with van der Waals surface area (Å²) in [7, 11) is 3.35. The van der Waals surface area contributed by atoms with Crippen molar-refractivity contribution in [3.8, 4) is 0 Å². The number of aliphatic imine (C=N–C) groups is 1. The topological polar surface area (TPSA) is 182 Å². The zero-order chi connectivity index (χ0) is 34.7. The number of carbonyl (C=O) groups is 5. The van der Waals surface area contributed by atoms with Crippen LogP contribution in [0.3, 0.4) is 0 Å². The second kappa shape index (κ2) is 20.4. The summed E-state index contributed by atoms with van der Waals surface area (Å²) in [4.78, 5) is 70.3. The van der Waals surface area contributed by atoms with Crippen LogP contribution in [-0.2, 0) is 24.0 Å². The molecule has 0 bridgehead atoms. The van der Waals surface area contributed by atoms with Gasteiger partial charge in [-0.1, -0.05) is 63.3 Å². The maximum absolute atomic E-state index is 13.7. The fraction of sp³-hybridized carbons (Fsp3) is 0.515. The average molecular weight is 641 g/mol. The highest BCUT2D eigenvalue weighted by Gasteiger charge is 2.37. The van der Waals surface area contributed by atoms with E-state index in [4.69, 9.17) is 0 Å². The zero-order valence-electron chi connectivity index (χ0n) is 28.0. The minimum absolute atomic E-state index is 0.125. The van der Waals surface area contributed by atoms with Gasteiger partial charge >= 0.3 is 0 Å². The smallest absolute Gasteiger partial charge is 0.247 e. The summed E-state index contributed by atoms with van der Waals surface area (Å²) in [5.41, 5.74) is -0.796. The third kappa shape index (κ3) is 12.7. The summed E-state index contributed by atoms with van der Waals surface area (Å²) >= 11 is 0. The molecular formula is C33H52N8O5. The van der Waals surface area contributed by atoms with Crippen molar-refractivity contribution in [2.45, 2.75) is 77.0 Å². The van der Waals surface area contributed by atoms with Gasteiger partial charge in [0.25, 0.3) is 0 Å². The number of nitrogens with zero attached hydrogens (tertiary/aromatic N) is 1. The van der Waals surface area contributed by atoms with E-state index in [1.54, 1.807) is 72.1 Å². The molecule has 254 valence electrons. The van der Waals surface area contributed by atoms with E-state index in [2.05, 4.69) is 55.4 Å². The Morgan fingerprint density at radius 1 is 0.891 bits per heavy atom. The van der Waals surface area contributed by atoms with Gasteiger partial charge in [0.15, 0.2) is 5.96 Å². The summed E-state index contributed by atoms with van der Waals surface area (Å²) in [6.45, 7) is 14.7. The second-order valence-corrected chi connectivity index (χ2v) is 11.2. The lowest BCUT2D eigenvalue weighted by Crippen LogP contribution is -2.61. The van der Waals surface area contributed by atoms with E-state index in [0.29, 0.717) is 24.5 Å². The maximum atomic E-state index is 13.7. The lowest BCUT2D eigenvalue weighted by atomic mass is 9.94. The fourth-order valence-electron chi connectivity index (χ4n) is 4.37. The summed E-state index contributed by atoms with van der Waals surface area (Å²) in [5, 5.41) is 19.8. The van der Waals surface area contributed by atoms with E-state index >= 15 is 0 Å². The number of nitrogens with one attached hydrogen (secondary N) is 7. The number of amides is 5. The van der Waals surface area contributed by atoms with Crippen LogP contribution in [0.15, 0.2) is 60.6 Å². The predicted octanol–water partition coefficient (Wildman–Crippen LogP) is 1.21. The fourth-order valence-corrected chi connectivity index (χ4v) is 4.37. The number of hydrogen-bond donors (Lipinski definition) is 7. The number of benzene rings is 1. The summed E-state index contributed by atoms with van der Waals surface area (Å²) in [6.07, 6.45) is 4.06. The van der Waals surface area contributed by atoms with Gasteiger partial charge in [-0.3, -0.25) is 29.0 Å². The Morgan fingerprint density at radius 2 is 1.54 bits per heavy atom. The monoisotopic (exact) mass is 640 g/mol. The molecule has 5 amide bonds. The van der Waals surface area contributed by atoms with Crippen molar-refractivity contribution in [3.05, 3.63) is 61.2 Å². The molecule has 1 rings (SSSR count). The average Bonchev–Trinajstić information content (AvgIpc) is 3.04. The predicted molar refractivity (Wildman–Crippen MR) is 181 cm³/mol. The van der Waals surface area contributed by atoms with E-state index < -0.39 is 47.3 Å². The zero-order valence-corrected chi connectivity index (χ0v) is 28.0. The highest BCUT2D eigenvalue weighted by atomic mass is 16.2. The van der Waals surface area contributed by atoms with Crippen molar-refractivity contribution in [2.75, 3.05) is 27.2 Å². The Bertz CT molecular complexity index is 1220. The number of guanidine groups is 1. The Hall–Kier alpha value is -4.68. The molecule has 13 heteroatoms. The Balaban J connectivity index is 3.22. The summed E-state index contributed by atoms with van der Waals surface area (Å²) < 4.78 is 0. The van der Waals surface area contributed by atoms with Gasteiger partial charge in [0.2, 0.25) is 29.5 Å². The first-order valence-electron chi connectivity index (χ1n) is 15.5. The minimum Gasteiger partial charge on any atom is -0.359 e. The van der Waals surface area contributed by atoms with Gasteiger partial charge in [-0.05, 0) is 38.2 Å². The molecule has 4 atom stereocenters. The Kier molecular flexibility index (Phi) is 17.4. The molecule has 0 saturated heterocycles. The molecule has 0 aliphatic rings. The molecule has 13 nitrogen and oxygen atoms in total. The van der Waals surface area contributed by atoms with E-state index in [-0.39, 0.29) is 37.6 Å². The molecule has 0 aliphatic heterocycles. The summed E-state index contributed by atoms with van der Waals surface area (Å²) in [5.74, 6) is -2.28. The molecule has 0 unspecified atom stereocenters. The second-order valence-electron chi connectivity index (χ2n) is 11.2. The van der Waals surface area contributed by atoms with Crippen molar-refractivity contribution in [1.29, 1.82) is 0 Å². The van der Waals surface area contributed by atoms with E-state index in [1.807, 2.05) is 0 Å². The van der Waals surface area contributed by atoms with Crippen molar-refractivity contribution < 1.29 is 24.0 Å². The van der Waals surface area contributed by atoms with Gasteiger partial charge < -0.3 is 37.2 Å². The van der Waals surface area contributed by atoms with Gasteiger partial charge in [0.1, 0.15) is 23.7 Å². The molecule has 0 radical (unpaired) electrons. The molecule has 0 fully saturated rings. The molecule has 0 aliphatic carbocycles. The van der Waals surface area contributed by atoms with Crippen molar-refractivity contribution in [1.82, 2.24) is 37.2 Å². The minimum atomic E-state index is -1.36. The van der Waals surface area contributed by atoms with Crippen LogP contribution in [0.1, 0.15) is 65.0 Å². The maximum Gasteiger partial charge on any atom is 0.247 e. The molecule has 7 N–H and O–H groups in total. The molecule has 0 spiro atoms. The first-order valence-corrected chi connectivity index (χ1v) is 15.5. The largest absolute Gasteiger partial charge is 0.359 e. The van der Waals surface area contributed by atoms with Crippen molar-refractivity contribution in [2.24, 2.45) is 10.9 Å². The molecule has 0 heterocycles. The van der Waals surface area contributed by atoms with Gasteiger partial charge in [0.05, 0.1) is 0 Å². The highest BCUT2D eigenvalue weighted by Crippen LogP contribution is 2.15. The van der Waals surface area contributed by atoms with E-state index in [0.717, 1.165) is 0 Å². The van der Waals surface area contributed by atoms with E-state index in [9.17, 15) is 24.0 Å². The Morgan fingerprint density at radius 3 is 2.09 bits per heavy atom. The number of carbonyl (C=O) groups excluding carboxylic acids is 5. The lowest BCUT2D eigenvalue weighted by molar-refractivity contribution is -0.137. The van der Waals surface area contributed by atoms with Gasteiger partial charge in [-0.15, -0.1) is 13.2 Å². The number of hydrogen-bond acceptors (Lipinski definition) is 6. The van der Waals surface area contributed by atoms with Crippen LogP contribution in [0, 0.1) is 5.92 Å². The molecule has 0 aromatic heterocycles. The van der Waals surface area contributed by atoms with E-state index in [1.165, 1.54) is 12.2 Å². The lowest BCUT2D eigenvalue weighted by Gasteiger charge is -2.32. The highest BCUT2D eigenvalue weighted by molar-refractivity contribution is 5.97. The van der Waals surface area contributed by atoms with Gasteiger partial charge in [0, 0.05) is 33.1 Å². The third-order valence-corrected chi connectivity index (χ3v) is 7.16. The normalized spacial score (nSPS) is 14.4. The third-order valence-electron chi connectivity index (χ3n) is 7.16. The Labute approximate surface area is 272 Å². The molecule has 1 aromatic carbocycles. The van der Waals surface area contributed by atoms with Crippen LogP contribution in [-0.4, -0.2) is 80.3 Å². The molecular weight excluding hydrogens is 588 g/mol. The molecule has 0 saturated carbocycles. The summed E-state index contributed by atoms with van der Waals surface area (Å²) in [6, 6.07) is 5.69. The SMILES string of the molecule is C=CCNC(=O)[C@H](NC(=O)[C@H](CC)NC(=O)[C@H](CCCN/C(=N/C)NC)NC(=O)[C@@](C)(CC=C)NC(=O)C(C)C)c1ccccc1. The van der Waals surface area contributed by atoms with Crippen LogP contribution in [0.25, 0.3) is 0 Å². The quantitative estimate of drug-likeness (QED) is 0.0513. The van der Waals surface area contributed by atoms with Crippen LogP contribution < -0.4 is 37.2 Å². The number of rotatable bonds is 19. The van der Waals surface area contributed by atoms with Crippen LogP contribution >= 0.6 is 0 Å². The first kappa shape index (κ1) is 39.3. The van der Waals surface area contributed by atoms with Crippen LogP contribution in [0.5, 0.6) is 0 Å². The first-order chi connectivity index (χ1) is 21.9. The van der Waals surface area contributed by atoms with Crippen molar-refractivity contribution >= 4 is 35.5 Å². The molecule has 1 aromatic rings. The van der Waals surface area contributed by atoms with Crippen LogP contribution in [0.4, 0.5) is 0 Å². The van der Waals surface area contributed by atoms with Gasteiger partial charge in [-0.25, -0.2) is 0 Å². The molecule has 46 heavy (non-hydrogen) atoms. The van der Waals surface area contributed by atoms with Crippen LogP contribution in [0.2, 0.25) is 0 Å². The standard InChI is InChI=1S/C33H52N8O5/c1-9-19-33(6,41-27(42)22(4)5)31(46)39-25(18-15-21-37-32(34-7)35-8)29(44)38-24(11-3)28(43)40-26(30(45)36-20-10-2)23-16-13-12-14-17-23/h9-10,12-14,16-17,22,24-26H,1-2,11,15,18-21H2,3-8H3,(H,36,45)(H,38,44)(H,39,46)(H,40,43)(H,41,42)(H2,34,35,37)/t24-,25-,26+,33+/m0/s1. The van der Waals surface area contributed by atoms with Gasteiger partial charge in [-0.2, -0.15) is 0 Å². The van der Waals surface area contributed by atoms with Crippen molar-refractivity contribution in [3.63, 3.8) is 0 Å².